The second-order valence-corrected chi connectivity index (χ2v) is 4.14. The lowest BCUT2D eigenvalue weighted by atomic mass is 10.2. The molecule has 0 bridgehead atoms. The summed E-state index contributed by atoms with van der Waals surface area (Å²) < 4.78 is 18.8. The normalized spacial score (nSPS) is 12.2. The van der Waals surface area contributed by atoms with Crippen molar-refractivity contribution in [3.8, 4) is 11.6 Å². The first-order valence-corrected chi connectivity index (χ1v) is 5.64. The maximum absolute atomic E-state index is 13.5. The Morgan fingerprint density at radius 2 is 2.06 bits per heavy atom. The molecular formula is C14H14FNO2. The SMILES string of the molecule is Cc1ccc(F)c(Oc2ccc([C@@H](C)O)cn2)c1. The van der Waals surface area contributed by atoms with Gasteiger partial charge in [-0.05, 0) is 43.2 Å². The van der Waals surface area contributed by atoms with Crippen LogP contribution in [0.3, 0.4) is 0 Å². The van der Waals surface area contributed by atoms with Crippen LogP contribution in [-0.2, 0) is 0 Å². The number of aliphatic hydroxyl groups is 1. The molecular weight excluding hydrogens is 233 g/mol. The van der Waals surface area contributed by atoms with Gasteiger partial charge in [-0.25, -0.2) is 9.37 Å². The van der Waals surface area contributed by atoms with Gasteiger partial charge < -0.3 is 9.84 Å². The van der Waals surface area contributed by atoms with Gasteiger partial charge in [0.2, 0.25) is 5.88 Å². The molecule has 2 aromatic rings. The highest BCUT2D eigenvalue weighted by Gasteiger charge is 2.07. The minimum Gasteiger partial charge on any atom is -0.436 e. The Bertz CT molecular complexity index is 538. The van der Waals surface area contributed by atoms with Crippen molar-refractivity contribution in [3.63, 3.8) is 0 Å². The van der Waals surface area contributed by atoms with Gasteiger partial charge in [-0.2, -0.15) is 0 Å². The molecule has 18 heavy (non-hydrogen) atoms. The van der Waals surface area contributed by atoms with E-state index in [1.165, 1.54) is 12.3 Å². The lowest BCUT2D eigenvalue weighted by Crippen LogP contribution is -1.95. The third-order valence-corrected chi connectivity index (χ3v) is 2.54. The number of ether oxygens (including phenoxy) is 1. The Labute approximate surface area is 105 Å². The van der Waals surface area contributed by atoms with Gasteiger partial charge in [0.1, 0.15) is 0 Å². The number of hydrogen-bond donors (Lipinski definition) is 1. The van der Waals surface area contributed by atoms with E-state index in [9.17, 15) is 9.50 Å². The first-order chi connectivity index (χ1) is 8.56. The van der Waals surface area contributed by atoms with Crippen molar-refractivity contribution in [1.82, 2.24) is 4.98 Å². The van der Waals surface area contributed by atoms with Crippen LogP contribution >= 0.6 is 0 Å². The van der Waals surface area contributed by atoms with Crippen LogP contribution in [0.15, 0.2) is 36.5 Å². The molecule has 3 nitrogen and oxygen atoms in total. The fraction of sp³-hybridized carbons (Fsp3) is 0.214. The maximum Gasteiger partial charge on any atom is 0.219 e. The van der Waals surface area contributed by atoms with Crippen molar-refractivity contribution in [1.29, 1.82) is 0 Å². The molecule has 2 rings (SSSR count). The summed E-state index contributed by atoms with van der Waals surface area (Å²) in [7, 11) is 0. The molecule has 0 radical (unpaired) electrons. The topological polar surface area (TPSA) is 42.4 Å². The van der Waals surface area contributed by atoms with E-state index in [-0.39, 0.29) is 5.75 Å². The van der Waals surface area contributed by atoms with Crippen LogP contribution in [0, 0.1) is 12.7 Å². The van der Waals surface area contributed by atoms with Crippen LogP contribution in [0.5, 0.6) is 11.6 Å². The largest absolute Gasteiger partial charge is 0.436 e. The number of pyridine rings is 1. The van der Waals surface area contributed by atoms with Gasteiger partial charge in [-0.15, -0.1) is 0 Å². The minimum absolute atomic E-state index is 0.146. The van der Waals surface area contributed by atoms with Gasteiger partial charge in [-0.3, -0.25) is 0 Å². The Hall–Kier alpha value is -1.94. The van der Waals surface area contributed by atoms with Crippen molar-refractivity contribution in [2.45, 2.75) is 20.0 Å². The summed E-state index contributed by atoms with van der Waals surface area (Å²) in [6.07, 6.45) is 0.926. The van der Waals surface area contributed by atoms with Crippen molar-refractivity contribution in [2.24, 2.45) is 0 Å². The smallest absolute Gasteiger partial charge is 0.219 e. The van der Waals surface area contributed by atoms with Crippen molar-refractivity contribution >= 4 is 0 Å². The number of aryl methyl sites for hydroxylation is 1. The predicted octanol–water partition coefficient (Wildman–Crippen LogP) is 3.37. The summed E-state index contributed by atoms with van der Waals surface area (Å²) in [4.78, 5) is 4.02. The number of rotatable bonds is 3. The molecule has 94 valence electrons. The van der Waals surface area contributed by atoms with Crippen molar-refractivity contribution in [2.75, 3.05) is 0 Å². The van der Waals surface area contributed by atoms with E-state index in [0.717, 1.165) is 5.56 Å². The van der Waals surface area contributed by atoms with E-state index in [2.05, 4.69) is 4.98 Å². The molecule has 0 amide bonds. The summed E-state index contributed by atoms with van der Waals surface area (Å²) in [6.45, 7) is 3.51. The van der Waals surface area contributed by atoms with Crippen LogP contribution in [0.2, 0.25) is 0 Å². The average Bonchev–Trinajstić information content (AvgIpc) is 2.34. The van der Waals surface area contributed by atoms with Crippen LogP contribution in [0.1, 0.15) is 24.2 Å². The third-order valence-electron chi connectivity index (χ3n) is 2.54. The van der Waals surface area contributed by atoms with E-state index in [4.69, 9.17) is 4.74 Å². The molecule has 0 aliphatic rings. The molecule has 1 atom stereocenters. The number of aromatic nitrogens is 1. The molecule has 0 aliphatic heterocycles. The monoisotopic (exact) mass is 247 g/mol. The molecule has 0 saturated heterocycles. The third kappa shape index (κ3) is 2.84. The molecule has 0 aliphatic carbocycles. The van der Waals surface area contributed by atoms with Gasteiger partial charge in [0.15, 0.2) is 11.6 Å². The van der Waals surface area contributed by atoms with Crippen LogP contribution in [-0.4, -0.2) is 10.1 Å². The summed E-state index contributed by atoms with van der Waals surface area (Å²) in [5, 5.41) is 9.34. The standard InChI is InChI=1S/C14H14FNO2/c1-9-3-5-12(15)13(7-9)18-14-6-4-11(8-16-14)10(2)17/h3-8,10,17H,1-2H3/t10-/m1/s1. The Morgan fingerprint density at radius 3 is 2.67 bits per heavy atom. The zero-order valence-corrected chi connectivity index (χ0v) is 10.2. The minimum atomic E-state index is -0.581. The Balaban J connectivity index is 2.21. The summed E-state index contributed by atoms with van der Waals surface area (Å²) >= 11 is 0. The highest BCUT2D eigenvalue weighted by Crippen LogP contribution is 2.24. The molecule has 1 heterocycles. The van der Waals surface area contributed by atoms with Gasteiger partial charge in [0.05, 0.1) is 6.10 Å². The van der Waals surface area contributed by atoms with Gasteiger partial charge >= 0.3 is 0 Å². The van der Waals surface area contributed by atoms with Gasteiger partial charge in [-0.1, -0.05) is 6.07 Å². The van der Waals surface area contributed by atoms with Crippen LogP contribution in [0.25, 0.3) is 0 Å². The summed E-state index contributed by atoms with van der Waals surface area (Å²) in [5.74, 6) is 0.0122. The first-order valence-electron chi connectivity index (χ1n) is 5.64. The number of aliphatic hydroxyl groups excluding tert-OH is 1. The number of nitrogens with zero attached hydrogens (tertiary/aromatic N) is 1. The lowest BCUT2D eigenvalue weighted by molar-refractivity contribution is 0.198. The highest BCUT2D eigenvalue weighted by atomic mass is 19.1. The highest BCUT2D eigenvalue weighted by molar-refractivity contribution is 5.33. The molecule has 1 aromatic heterocycles. The maximum atomic E-state index is 13.5. The zero-order valence-electron chi connectivity index (χ0n) is 10.2. The Kier molecular flexibility index (Phi) is 3.58. The van der Waals surface area contributed by atoms with E-state index in [1.807, 2.05) is 6.92 Å². The second-order valence-electron chi connectivity index (χ2n) is 4.14. The zero-order chi connectivity index (χ0) is 13.1. The molecule has 0 unspecified atom stereocenters. The van der Waals surface area contributed by atoms with Gasteiger partial charge in [0, 0.05) is 12.3 Å². The molecule has 1 N–H and O–H groups in total. The van der Waals surface area contributed by atoms with Crippen LogP contribution < -0.4 is 4.74 Å². The fourth-order valence-corrected chi connectivity index (χ4v) is 1.50. The number of halogens is 1. The molecule has 1 aromatic carbocycles. The molecule has 4 heteroatoms. The second kappa shape index (κ2) is 5.14. The van der Waals surface area contributed by atoms with E-state index in [0.29, 0.717) is 11.4 Å². The van der Waals surface area contributed by atoms with E-state index in [1.54, 1.807) is 31.2 Å². The fourth-order valence-electron chi connectivity index (χ4n) is 1.50. The number of hydrogen-bond acceptors (Lipinski definition) is 3. The van der Waals surface area contributed by atoms with E-state index < -0.39 is 11.9 Å². The quantitative estimate of drug-likeness (QED) is 0.904. The van der Waals surface area contributed by atoms with Crippen molar-refractivity contribution < 1.29 is 14.2 Å². The predicted molar refractivity (Wildman–Crippen MR) is 66.1 cm³/mol. The van der Waals surface area contributed by atoms with Crippen LogP contribution in [0.4, 0.5) is 4.39 Å². The molecule has 0 spiro atoms. The average molecular weight is 247 g/mol. The van der Waals surface area contributed by atoms with Gasteiger partial charge in [0.25, 0.3) is 0 Å². The summed E-state index contributed by atoms with van der Waals surface area (Å²) in [6, 6.07) is 7.94. The van der Waals surface area contributed by atoms with E-state index >= 15 is 0 Å². The Morgan fingerprint density at radius 1 is 1.28 bits per heavy atom. The lowest BCUT2D eigenvalue weighted by Gasteiger charge is -2.08. The first kappa shape index (κ1) is 12.5. The van der Waals surface area contributed by atoms with Crippen molar-refractivity contribution in [3.05, 3.63) is 53.5 Å². The molecule has 0 fully saturated rings. The number of benzene rings is 1. The molecule has 0 saturated carbocycles. The summed E-state index contributed by atoms with van der Waals surface area (Å²) in [5.41, 5.74) is 1.60.